The molecule has 0 radical (unpaired) electrons. The molecule has 0 aliphatic heterocycles. The van der Waals surface area contributed by atoms with Crippen LogP contribution >= 0.6 is 0 Å². The molecule has 2 aromatic carbocycles. The molecule has 0 amide bonds. The summed E-state index contributed by atoms with van der Waals surface area (Å²) < 4.78 is 17.9. The zero-order valence-electron chi connectivity index (χ0n) is 12.5. The van der Waals surface area contributed by atoms with Gasteiger partial charge in [-0.15, -0.1) is 0 Å². The van der Waals surface area contributed by atoms with Crippen LogP contribution in [0.5, 0.6) is 0 Å². The minimum atomic E-state index is -0.997. The zero-order chi connectivity index (χ0) is 17.1. The molecule has 1 heterocycles. The van der Waals surface area contributed by atoms with Crippen LogP contribution in [0.2, 0.25) is 0 Å². The molecule has 1 N–H and O–H groups in total. The SMILES string of the molecule is O=c1oc2ccccc2c(NCCc2ccc(F)cc2)c1[N+](=O)[O-]. The molecular formula is C17H13FN2O4. The van der Waals surface area contributed by atoms with E-state index in [9.17, 15) is 19.3 Å². The number of nitrogens with one attached hydrogen (secondary N) is 1. The van der Waals surface area contributed by atoms with Gasteiger partial charge in [-0.3, -0.25) is 10.1 Å². The summed E-state index contributed by atoms with van der Waals surface area (Å²) in [4.78, 5) is 22.3. The number of nitrogens with zero attached hydrogens (tertiary/aromatic N) is 1. The number of para-hydroxylation sites is 1. The average molecular weight is 328 g/mol. The summed E-state index contributed by atoms with van der Waals surface area (Å²) in [7, 11) is 0. The third kappa shape index (κ3) is 3.10. The maximum absolute atomic E-state index is 12.9. The largest absolute Gasteiger partial charge is 0.418 e. The molecule has 24 heavy (non-hydrogen) atoms. The van der Waals surface area contributed by atoms with Gasteiger partial charge in [0.05, 0.1) is 4.92 Å². The van der Waals surface area contributed by atoms with Crippen LogP contribution in [0.4, 0.5) is 15.8 Å². The predicted octanol–water partition coefficient (Wildman–Crippen LogP) is 3.49. The smallest absolute Gasteiger partial charge is 0.417 e. The second-order valence-electron chi connectivity index (χ2n) is 5.17. The molecular weight excluding hydrogens is 315 g/mol. The van der Waals surface area contributed by atoms with Crippen LogP contribution in [0.1, 0.15) is 5.56 Å². The van der Waals surface area contributed by atoms with Gasteiger partial charge < -0.3 is 9.73 Å². The number of hydrogen-bond acceptors (Lipinski definition) is 5. The lowest BCUT2D eigenvalue weighted by atomic mass is 10.1. The summed E-state index contributed by atoms with van der Waals surface area (Å²) in [6.45, 7) is 0.347. The van der Waals surface area contributed by atoms with Crippen LogP contribution in [-0.2, 0) is 6.42 Å². The van der Waals surface area contributed by atoms with Crippen molar-refractivity contribution in [1.29, 1.82) is 0 Å². The monoisotopic (exact) mass is 328 g/mol. The fourth-order valence-corrected chi connectivity index (χ4v) is 2.47. The molecule has 0 spiro atoms. The average Bonchev–Trinajstić information content (AvgIpc) is 2.56. The van der Waals surface area contributed by atoms with Crippen LogP contribution in [-0.4, -0.2) is 11.5 Å². The van der Waals surface area contributed by atoms with E-state index in [2.05, 4.69) is 5.32 Å². The Morgan fingerprint density at radius 1 is 1.12 bits per heavy atom. The Balaban J connectivity index is 1.92. The van der Waals surface area contributed by atoms with Gasteiger partial charge in [-0.25, -0.2) is 9.18 Å². The summed E-state index contributed by atoms with van der Waals surface area (Å²) >= 11 is 0. The second kappa shape index (κ2) is 6.49. The number of hydrogen-bond donors (Lipinski definition) is 1. The third-order valence-electron chi connectivity index (χ3n) is 3.60. The number of halogens is 1. The summed E-state index contributed by atoms with van der Waals surface area (Å²) in [5.74, 6) is -0.325. The lowest BCUT2D eigenvalue weighted by molar-refractivity contribution is -0.386. The Bertz CT molecular complexity index is 951. The molecule has 0 aliphatic rings. The van der Waals surface area contributed by atoms with E-state index in [1.807, 2.05) is 0 Å². The van der Waals surface area contributed by atoms with E-state index in [0.717, 1.165) is 5.56 Å². The molecule has 3 rings (SSSR count). The van der Waals surface area contributed by atoms with E-state index in [1.165, 1.54) is 12.1 Å². The predicted molar refractivity (Wildman–Crippen MR) is 87.7 cm³/mol. The first-order valence-corrected chi connectivity index (χ1v) is 7.25. The summed E-state index contributed by atoms with van der Waals surface area (Å²) in [6, 6.07) is 12.6. The van der Waals surface area contributed by atoms with Gasteiger partial charge in [-0.05, 0) is 36.2 Å². The molecule has 3 aromatic rings. The summed E-state index contributed by atoms with van der Waals surface area (Å²) in [5, 5.41) is 14.6. The fraction of sp³-hybridized carbons (Fsp3) is 0.118. The van der Waals surface area contributed by atoms with Crippen molar-refractivity contribution in [1.82, 2.24) is 0 Å². The molecule has 0 saturated heterocycles. The molecule has 122 valence electrons. The van der Waals surface area contributed by atoms with Crippen molar-refractivity contribution in [2.45, 2.75) is 6.42 Å². The Kier molecular flexibility index (Phi) is 4.24. The molecule has 0 aliphatic carbocycles. The van der Waals surface area contributed by atoms with Gasteiger partial charge in [0.2, 0.25) is 0 Å². The van der Waals surface area contributed by atoms with Crippen LogP contribution in [0, 0.1) is 15.9 Å². The minimum Gasteiger partial charge on any atom is -0.418 e. The van der Waals surface area contributed by atoms with Crippen molar-refractivity contribution in [3.63, 3.8) is 0 Å². The quantitative estimate of drug-likeness (QED) is 0.440. The van der Waals surface area contributed by atoms with Gasteiger partial charge in [0.1, 0.15) is 17.1 Å². The summed E-state index contributed by atoms with van der Waals surface area (Å²) in [5.41, 5.74) is -0.332. The van der Waals surface area contributed by atoms with Crippen LogP contribution < -0.4 is 10.9 Å². The second-order valence-corrected chi connectivity index (χ2v) is 5.17. The number of benzene rings is 2. The van der Waals surface area contributed by atoms with Crippen molar-refractivity contribution in [3.05, 3.63) is 80.4 Å². The Hall–Kier alpha value is -3.22. The number of rotatable bonds is 5. The Morgan fingerprint density at radius 3 is 2.54 bits per heavy atom. The zero-order valence-corrected chi connectivity index (χ0v) is 12.5. The van der Waals surface area contributed by atoms with E-state index in [0.29, 0.717) is 18.4 Å². The van der Waals surface area contributed by atoms with Gasteiger partial charge in [-0.2, -0.15) is 0 Å². The van der Waals surface area contributed by atoms with Crippen LogP contribution in [0.3, 0.4) is 0 Å². The van der Waals surface area contributed by atoms with E-state index >= 15 is 0 Å². The highest BCUT2D eigenvalue weighted by molar-refractivity contribution is 5.94. The van der Waals surface area contributed by atoms with Crippen molar-refractivity contribution in [2.75, 3.05) is 11.9 Å². The molecule has 6 nitrogen and oxygen atoms in total. The van der Waals surface area contributed by atoms with Crippen molar-refractivity contribution < 1.29 is 13.7 Å². The number of fused-ring (bicyclic) bond motifs is 1. The highest BCUT2D eigenvalue weighted by Crippen LogP contribution is 2.29. The molecule has 0 saturated carbocycles. The molecule has 0 bridgehead atoms. The van der Waals surface area contributed by atoms with Gasteiger partial charge in [0, 0.05) is 11.9 Å². The molecule has 7 heteroatoms. The highest BCUT2D eigenvalue weighted by atomic mass is 19.1. The standard InChI is InChI=1S/C17H13FN2O4/c18-12-7-5-11(6-8-12)9-10-19-15-13-3-1-2-4-14(13)24-17(21)16(15)20(22)23/h1-8,19H,9-10H2. The maximum atomic E-state index is 12.9. The first-order chi connectivity index (χ1) is 11.6. The highest BCUT2D eigenvalue weighted by Gasteiger charge is 2.24. The van der Waals surface area contributed by atoms with Crippen molar-refractivity contribution in [2.24, 2.45) is 0 Å². The molecule has 0 unspecified atom stereocenters. The lowest BCUT2D eigenvalue weighted by Gasteiger charge is -2.09. The fourth-order valence-electron chi connectivity index (χ4n) is 2.47. The minimum absolute atomic E-state index is 0.133. The van der Waals surface area contributed by atoms with Gasteiger partial charge >= 0.3 is 11.3 Å². The van der Waals surface area contributed by atoms with E-state index < -0.39 is 16.2 Å². The van der Waals surface area contributed by atoms with E-state index in [-0.39, 0.29) is 17.1 Å². The normalized spacial score (nSPS) is 10.7. The van der Waals surface area contributed by atoms with Crippen molar-refractivity contribution >= 4 is 22.3 Å². The van der Waals surface area contributed by atoms with E-state index in [4.69, 9.17) is 4.42 Å². The number of nitro groups is 1. The van der Waals surface area contributed by atoms with Crippen molar-refractivity contribution in [3.8, 4) is 0 Å². The maximum Gasteiger partial charge on any atom is 0.417 e. The van der Waals surface area contributed by atoms with Crippen LogP contribution in [0.25, 0.3) is 11.0 Å². The number of anilines is 1. The van der Waals surface area contributed by atoms with Gasteiger partial charge in [0.25, 0.3) is 0 Å². The third-order valence-corrected chi connectivity index (χ3v) is 3.60. The molecule has 0 atom stereocenters. The first-order valence-electron chi connectivity index (χ1n) is 7.25. The first kappa shape index (κ1) is 15.7. The molecule has 1 aromatic heterocycles. The topological polar surface area (TPSA) is 85.4 Å². The van der Waals surface area contributed by atoms with Crippen LogP contribution in [0.15, 0.2) is 57.7 Å². The Labute approximate surface area is 135 Å². The Morgan fingerprint density at radius 2 is 1.83 bits per heavy atom. The van der Waals surface area contributed by atoms with Gasteiger partial charge in [0.15, 0.2) is 0 Å². The summed E-state index contributed by atoms with van der Waals surface area (Å²) in [6.07, 6.45) is 0.520. The van der Waals surface area contributed by atoms with E-state index in [1.54, 1.807) is 36.4 Å². The molecule has 0 fully saturated rings. The van der Waals surface area contributed by atoms with Gasteiger partial charge in [-0.1, -0.05) is 24.3 Å². The lowest BCUT2D eigenvalue weighted by Crippen LogP contribution is -2.14.